The molecule has 0 bridgehead atoms. The molecule has 78 valence electrons. The third-order valence-corrected chi connectivity index (χ3v) is 3.28. The number of likely N-dealkylation sites (N-methyl/N-ethyl adjacent to an activating group) is 2. The highest BCUT2D eigenvalue weighted by Crippen LogP contribution is 2.15. The van der Waals surface area contributed by atoms with Gasteiger partial charge in [-0.2, -0.15) is 0 Å². The molecule has 13 heavy (non-hydrogen) atoms. The van der Waals surface area contributed by atoms with E-state index in [-0.39, 0.29) is 0 Å². The number of likely N-dealkylation sites (tertiary alicyclic amines) is 1. The smallest absolute Gasteiger partial charge is 0.0220 e. The summed E-state index contributed by atoms with van der Waals surface area (Å²) in [7, 11) is 2.27. The fourth-order valence-electron chi connectivity index (χ4n) is 2.15. The molecule has 0 aromatic rings. The second-order valence-electron chi connectivity index (χ2n) is 4.12. The molecule has 0 saturated carbocycles. The zero-order chi connectivity index (χ0) is 9.68. The number of piperidine rings is 1. The molecule has 0 aliphatic carbocycles. The van der Waals surface area contributed by atoms with E-state index in [0.29, 0.717) is 0 Å². The Balaban J connectivity index is 2.32. The lowest BCUT2D eigenvalue weighted by molar-refractivity contribution is 0.134. The summed E-state index contributed by atoms with van der Waals surface area (Å²) in [6.45, 7) is 9.47. The minimum atomic E-state index is 0.814. The van der Waals surface area contributed by atoms with E-state index in [1.807, 2.05) is 0 Å². The van der Waals surface area contributed by atoms with Gasteiger partial charge in [0.05, 0.1) is 0 Å². The first-order valence-electron chi connectivity index (χ1n) is 5.70. The Morgan fingerprint density at radius 2 is 1.92 bits per heavy atom. The van der Waals surface area contributed by atoms with Crippen LogP contribution in [-0.2, 0) is 0 Å². The first kappa shape index (κ1) is 11.0. The van der Waals surface area contributed by atoms with Crippen LogP contribution in [0.4, 0.5) is 0 Å². The van der Waals surface area contributed by atoms with E-state index in [4.69, 9.17) is 0 Å². The topological polar surface area (TPSA) is 6.48 Å². The summed E-state index contributed by atoms with van der Waals surface area (Å²) >= 11 is 0. The van der Waals surface area contributed by atoms with Crippen molar-refractivity contribution < 1.29 is 0 Å². The van der Waals surface area contributed by atoms with Crippen LogP contribution in [0.25, 0.3) is 0 Å². The average molecular weight is 184 g/mol. The molecule has 1 saturated heterocycles. The Bertz CT molecular complexity index is 132. The summed E-state index contributed by atoms with van der Waals surface area (Å²) in [5.41, 5.74) is 0. The van der Waals surface area contributed by atoms with Gasteiger partial charge in [0, 0.05) is 12.6 Å². The highest BCUT2D eigenvalue weighted by molar-refractivity contribution is 4.76. The van der Waals surface area contributed by atoms with E-state index in [9.17, 15) is 0 Å². The first-order valence-corrected chi connectivity index (χ1v) is 5.70. The summed E-state index contributed by atoms with van der Waals surface area (Å²) in [6.07, 6.45) is 4.22. The third kappa shape index (κ3) is 3.28. The maximum absolute atomic E-state index is 2.53. The SMILES string of the molecule is CCN(CC)CC1CCCCN1C. The number of rotatable bonds is 4. The van der Waals surface area contributed by atoms with Crippen molar-refractivity contribution in [3.05, 3.63) is 0 Å². The number of hydrogen-bond acceptors (Lipinski definition) is 2. The molecular formula is C11H24N2. The quantitative estimate of drug-likeness (QED) is 0.657. The summed E-state index contributed by atoms with van der Waals surface area (Å²) in [6, 6.07) is 0.814. The normalized spacial score (nSPS) is 25.4. The third-order valence-electron chi connectivity index (χ3n) is 3.28. The standard InChI is InChI=1S/C11H24N2/c1-4-13(5-2)10-11-8-6-7-9-12(11)3/h11H,4-10H2,1-3H3. The summed E-state index contributed by atoms with van der Waals surface area (Å²) < 4.78 is 0. The highest BCUT2D eigenvalue weighted by Gasteiger charge is 2.20. The lowest BCUT2D eigenvalue weighted by Crippen LogP contribution is -2.44. The van der Waals surface area contributed by atoms with E-state index in [1.165, 1.54) is 45.4 Å². The Kier molecular flexibility index (Phi) is 4.74. The lowest BCUT2D eigenvalue weighted by Gasteiger charge is -2.35. The Morgan fingerprint density at radius 3 is 2.46 bits per heavy atom. The molecule has 0 amide bonds. The van der Waals surface area contributed by atoms with Gasteiger partial charge in [0.25, 0.3) is 0 Å². The van der Waals surface area contributed by atoms with Crippen LogP contribution in [0.15, 0.2) is 0 Å². The molecule has 1 fully saturated rings. The predicted octanol–water partition coefficient (Wildman–Crippen LogP) is 1.81. The van der Waals surface area contributed by atoms with Crippen molar-refractivity contribution in [2.45, 2.75) is 39.2 Å². The maximum Gasteiger partial charge on any atom is 0.0220 e. The molecule has 1 atom stereocenters. The van der Waals surface area contributed by atoms with E-state index in [0.717, 1.165) is 6.04 Å². The minimum Gasteiger partial charge on any atom is -0.302 e. The van der Waals surface area contributed by atoms with Gasteiger partial charge in [0.15, 0.2) is 0 Å². The van der Waals surface area contributed by atoms with Crippen molar-refractivity contribution in [3.63, 3.8) is 0 Å². The zero-order valence-corrected chi connectivity index (χ0v) is 9.42. The van der Waals surface area contributed by atoms with Gasteiger partial charge in [0.1, 0.15) is 0 Å². The molecular weight excluding hydrogens is 160 g/mol. The fraction of sp³-hybridized carbons (Fsp3) is 1.00. The Morgan fingerprint density at radius 1 is 1.23 bits per heavy atom. The van der Waals surface area contributed by atoms with Crippen molar-refractivity contribution in [3.8, 4) is 0 Å². The van der Waals surface area contributed by atoms with Crippen LogP contribution in [0.3, 0.4) is 0 Å². The number of hydrogen-bond donors (Lipinski definition) is 0. The molecule has 1 heterocycles. The minimum absolute atomic E-state index is 0.814. The van der Waals surface area contributed by atoms with Gasteiger partial charge >= 0.3 is 0 Å². The van der Waals surface area contributed by atoms with Crippen LogP contribution < -0.4 is 0 Å². The van der Waals surface area contributed by atoms with E-state index in [1.54, 1.807) is 0 Å². The largest absolute Gasteiger partial charge is 0.302 e. The molecule has 1 aliphatic rings. The van der Waals surface area contributed by atoms with E-state index in [2.05, 4.69) is 30.7 Å². The molecule has 0 radical (unpaired) electrons. The molecule has 0 aromatic carbocycles. The lowest BCUT2D eigenvalue weighted by atomic mass is 10.0. The van der Waals surface area contributed by atoms with Gasteiger partial charge in [-0.15, -0.1) is 0 Å². The Labute approximate surface area is 82.9 Å². The van der Waals surface area contributed by atoms with Gasteiger partial charge in [-0.25, -0.2) is 0 Å². The highest BCUT2D eigenvalue weighted by atomic mass is 15.2. The molecule has 1 unspecified atom stereocenters. The van der Waals surface area contributed by atoms with Crippen LogP contribution in [0, 0.1) is 0 Å². The second kappa shape index (κ2) is 5.61. The number of nitrogens with zero attached hydrogens (tertiary/aromatic N) is 2. The van der Waals surface area contributed by atoms with Crippen molar-refractivity contribution in [1.29, 1.82) is 0 Å². The van der Waals surface area contributed by atoms with Crippen LogP contribution in [-0.4, -0.2) is 49.1 Å². The predicted molar refractivity (Wildman–Crippen MR) is 58.1 cm³/mol. The van der Waals surface area contributed by atoms with Gasteiger partial charge in [0.2, 0.25) is 0 Å². The van der Waals surface area contributed by atoms with Crippen LogP contribution in [0.5, 0.6) is 0 Å². The molecule has 0 spiro atoms. The van der Waals surface area contributed by atoms with Gasteiger partial charge in [-0.05, 0) is 39.5 Å². The van der Waals surface area contributed by atoms with Gasteiger partial charge in [-0.3, -0.25) is 0 Å². The van der Waals surface area contributed by atoms with E-state index >= 15 is 0 Å². The summed E-state index contributed by atoms with van der Waals surface area (Å²) in [4.78, 5) is 5.06. The molecule has 0 aromatic heterocycles. The van der Waals surface area contributed by atoms with Crippen molar-refractivity contribution in [1.82, 2.24) is 9.80 Å². The van der Waals surface area contributed by atoms with Gasteiger partial charge in [-0.1, -0.05) is 20.3 Å². The monoisotopic (exact) mass is 184 g/mol. The van der Waals surface area contributed by atoms with Crippen LogP contribution in [0.2, 0.25) is 0 Å². The average Bonchev–Trinajstić information content (AvgIpc) is 2.17. The van der Waals surface area contributed by atoms with Gasteiger partial charge < -0.3 is 9.80 Å². The molecule has 2 heteroatoms. The first-order chi connectivity index (χ1) is 6.27. The van der Waals surface area contributed by atoms with Crippen molar-refractivity contribution >= 4 is 0 Å². The molecule has 0 N–H and O–H groups in total. The van der Waals surface area contributed by atoms with Crippen molar-refractivity contribution in [2.24, 2.45) is 0 Å². The molecule has 1 rings (SSSR count). The zero-order valence-electron chi connectivity index (χ0n) is 9.42. The maximum atomic E-state index is 2.53. The molecule has 1 aliphatic heterocycles. The second-order valence-corrected chi connectivity index (χ2v) is 4.12. The molecule has 2 nitrogen and oxygen atoms in total. The van der Waals surface area contributed by atoms with E-state index < -0.39 is 0 Å². The van der Waals surface area contributed by atoms with Crippen LogP contribution in [0.1, 0.15) is 33.1 Å². The fourth-order valence-corrected chi connectivity index (χ4v) is 2.15. The van der Waals surface area contributed by atoms with Crippen LogP contribution >= 0.6 is 0 Å². The Hall–Kier alpha value is -0.0800. The summed E-state index contributed by atoms with van der Waals surface area (Å²) in [5, 5.41) is 0. The van der Waals surface area contributed by atoms with Crippen molar-refractivity contribution in [2.75, 3.05) is 33.2 Å². The summed E-state index contributed by atoms with van der Waals surface area (Å²) in [5.74, 6) is 0.